The van der Waals surface area contributed by atoms with Crippen LogP contribution in [-0.2, 0) is 0 Å². The summed E-state index contributed by atoms with van der Waals surface area (Å²) in [6.45, 7) is 6.40. The fourth-order valence-electron chi connectivity index (χ4n) is 3.66. The highest BCUT2D eigenvalue weighted by molar-refractivity contribution is 6.08. The van der Waals surface area contributed by atoms with Gasteiger partial charge < -0.3 is 20.9 Å². The Labute approximate surface area is 167 Å². The van der Waals surface area contributed by atoms with Crippen molar-refractivity contribution in [1.29, 1.82) is 5.41 Å². The minimum absolute atomic E-state index is 0.703. The van der Waals surface area contributed by atoms with E-state index >= 15 is 0 Å². The molecule has 0 bridgehead atoms. The van der Waals surface area contributed by atoms with Gasteiger partial charge >= 0.3 is 0 Å². The molecule has 0 radical (unpaired) electrons. The summed E-state index contributed by atoms with van der Waals surface area (Å²) in [6, 6.07) is 10.2. The lowest BCUT2D eigenvalue weighted by Gasteiger charge is -2.22. The molecule has 28 heavy (non-hydrogen) atoms. The number of aromatic nitrogens is 2. The van der Waals surface area contributed by atoms with Crippen LogP contribution in [0.4, 0.5) is 5.82 Å². The molecule has 1 aliphatic rings. The fraction of sp³-hybridized carbons (Fsp3) is 0.409. The molecule has 2 aromatic rings. The summed E-state index contributed by atoms with van der Waals surface area (Å²) >= 11 is 0. The monoisotopic (exact) mass is 378 g/mol. The van der Waals surface area contributed by atoms with Gasteiger partial charge in [0.05, 0.1) is 5.69 Å². The lowest BCUT2D eigenvalue weighted by molar-refractivity contribution is 0.331. The highest BCUT2D eigenvalue weighted by Crippen LogP contribution is 2.25. The van der Waals surface area contributed by atoms with Crippen molar-refractivity contribution in [2.24, 2.45) is 5.73 Å². The molecular formula is C22H30N6. The fourth-order valence-corrected chi connectivity index (χ4v) is 3.66. The van der Waals surface area contributed by atoms with Crippen LogP contribution >= 0.6 is 0 Å². The Morgan fingerprint density at radius 3 is 2.46 bits per heavy atom. The largest absolute Gasteiger partial charge is 0.404 e. The topological polar surface area (TPSA) is 82.1 Å². The molecule has 2 heterocycles. The van der Waals surface area contributed by atoms with Crippen molar-refractivity contribution in [3.8, 4) is 11.3 Å². The molecule has 3 rings (SSSR count). The SMILES string of the molecule is Cc1cc(/C(C=N)=C/N)ccc1-c1ccc(N2CCCCN(C)CCC2)nn1. The van der Waals surface area contributed by atoms with E-state index < -0.39 is 0 Å². The smallest absolute Gasteiger partial charge is 0.151 e. The van der Waals surface area contributed by atoms with Crippen LogP contribution in [0.3, 0.4) is 0 Å². The van der Waals surface area contributed by atoms with Crippen molar-refractivity contribution >= 4 is 17.6 Å². The van der Waals surface area contributed by atoms with Crippen LogP contribution in [0.25, 0.3) is 16.8 Å². The number of hydrogen-bond acceptors (Lipinski definition) is 6. The second-order valence-electron chi connectivity index (χ2n) is 7.42. The minimum Gasteiger partial charge on any atom is -0.404 e. The van der Waals surface area contributed by atoms with Gasteiger partial charge in [0, 0.05) is 36.6 Å². The van der Waals surface area contributed by atoms with Crippen molar-refractivity contribution in [1.82, 2.24) is 15.1 Å². The third-order valence-electron chi connectivity index (χ3n) is 5.33. The van der Waals surface area contributed by atoms with Crippen LogP contribution in [0, 0.1) is 12.3 Å². The average Bonchev–Trinajstić information content (AvgIpc) is 2.81. The molecule has 0 saturated carbocycles. The van der Waals surface area contributed by atoms with Crippen molar-refractivity contribution in [2.75, 3.05) is 38.1 Å². The van der Waals surface area contributed by atoms with Gasteiger partial charge in [0.25, 0.3) is 0 Å². The molecule has 1 aromatic heterocycles. The Morgan fingerprint density at radius 2 is 1.79 bits per heavy atom. The van der Waals surface area contributed by atoms with Gasteiger partial charge in [-0.05, 0) is 69.6 Å². The van der Waals surface area contributed by atoms with E-state index in [1.807, 2.05) is 25.1 Å². The quantitative estimate of drug-likeness (QED) is 0.798. The molecule has 1 aliphatic heterocycles. The molecule has 0 amide bonds. The number of allylic oxidation sites excluding steroid dienone is 1. The van der Waals surface area contributed by atoms with Gasteiger partial charge in [-0.25, -0.2) is 0 Å². The predicted molar refractivity (Wildman–Crippen MR) is 117 cm³/mol. The van der Waals surface area contributed by atoms with E-state index in [4.69, 9.17) is 11.1 Å². The predicted octanol–water partition coefficient (Wildman–Crippen LogP) is 3.32. The molecule has 1 aromatic carbocycles. The Morgan fingerprint density at radius 1 is 1.04 bits per heavy atom. The second-order valence-corrected chi connectivity index (χ2v) is 7.42. The van der Waals surface area contributed by atoms with Gasteiger partial charge in [-0.2, -0.15) is 0 Å². The van der Waals surface area contributed by atoms with Crippen molar-refractivity contribution < 1.29 is 0 Å². The normalized spacial score (nSPS) is 16.9. The number of hydrogen-bond donors (Lipinski definition) is 2. The maximum atomic E-state index is 7.46. The number of anilines is 1. The molecule has 0 atom stereocenters. The first-order valence-corrected chi connectivity index (χ1v) is 9.93. The number of rotatable bonds is 4. The summed E-state index contributed by atoms with van der Waals surface area (Å²) in [5.74, 6) is 0.958. The zero-order valence-corrected chi connectivity index (χ0v) is 16.9. The van der Waals surface area contributed by atoms with Gasteiger partial charge in [-0.15, -0.1) is 10.2 Å². The van der Waals surface area contributed by atoms with E-state index in [2.05, 4.69) is 39.2 Å². The van der Waals surface area contributed by atoms with Crippen molar-refractivity contribution in [3.05, 3.63) is 47.7 Å². The van der Waals surface area contributed by atoms with Crippen LogP contribution in [0.2, 0.25) is 0 Å². The average molecular weight is 379 g/mol. The standard InChI is InChI=1S/C22H30N6/c1-17-14-18(19(15-23)16-24)6-7-20(17)21-8-9-22(26-25-21)28-12-4-3-10-27(2)11-5-13-28/h6-9,14-16,23H,3-5,10-13,24H2,1-2H3/b19-16+,23-15?. The highest BCUT2D eigenvalue weighted by atomic mass is 15.3. The molecule has 1 saturated heterocycles. The van der Waals surface area contributed by atoms with Gasteiger partial charge in [0.15, 0.2) is 5.82 Å². The van der Waals surface area contributed by atoms with E-state index in [0.717, 1.165) is 54.3 Å². The third kappa shape index (κ3) is 4.75. The molecule has 0 unspecified atom stereocenters. The zero-order valence-electron chi connectivity index (χ0n) is 16.9. The second kappa shape index (κ2) is 9.46. The molecule has 0 spiro atoms. The lowest BCUT2D eigenvalue weighted by atomic mass is 9.99. The van der Waals surface area contributed by atoms with Gasteiger partial charge in [-0.3, -0.25) is 0 Å². The van der Waals surface area contributed by atoms with Crippen LogP contribution in [0.1, 0.15) is 30.4 Å². The van der Waals surface area contributed by atoms with Gasteiger partial charge in [-0.1, -0.05) is 18.2 Å². The summed E-state index contributed by atoms with van der Waals surface area (Å²) in [5, 5.41) is 16.5. The summed E-state index contributed by atoms with van der Waals surface area (Å²) < 4.78 is 0. The van der Waals surface area contributed by atoms with Gasteiger partial charge in [0.2, 0.25) is 0 Å². The van der Waals surface area contributed by atoms with Gasteiger partial charge in [0.1, 0.15) is 0 Å². The minimum atomic E-state index is 0.703. The van der Waals surface area contributed by atoms with Crippen LogP contribution in [0.15, 0.2) is 36.5 Å². The molecule has 1 fully saturated rings. The number of aryl methyl sites for hydroxylation is 1. The van der Waals surface area contributed by atoms with E-state index in [0.29, 0.717) is 5.57 Å². The Balaban J connectivity index is 1.77. The first kappa shape index (κ1) is 20.0. The van der Waals surface area contributed by atoms with E-state index in [9.17, 15) is 0 Å². The summed E-state index contributed by atoms with van der Waals surface area (Å²) in [4.78, 5) is 4.77. The molecule has 6 nitrogen and oxygen atoms in total. The number of benzene rings is 1. The highest BCUT2D eigenvalue weighted by Gasteiger charge is 2.13. The van der Waals surface area contributed by atoms with Crippen LogP contribution in [0.5, 0.6) is 0 Å². The Kier molecular flexibility index (Phi) is 6.76. The zero-order chi connectivity index (χ0) is 19.9. The molecule has 148 valence electrons. The Bertz CT molecular complexity index is 827. The lowest BCUT2D eigenvalue weighted by Crippen LogP contribution is -2.28. The maximum absolute atomic E-state index is 7.46. The van der Waals surface area contributed by atoms with Crippen molar-refractivity contribution in [3.63, 3.8) is 0 Å². The molecule has 3 N–H and O–H groups in total. The maximum Gasteiger partial charge on any atom is 0.151 e. The van der Waals surface area contributed by atoms with Crippen molar-refractivity contribution in [2.45, 2.75) is 26.2 Å². The number of nitrogens with two attached hydrogens (primary N) is 1. The molecule has 0 aliphatic carbocycles. The van der Waals surface area contributed by atoms with E-state index in [1.165, 1.54) is 31.8 Å². The first-order valence-electron chi connectivity index (χ1n) is 9.93. The van der Waals surface area contributed by atoms with E-state index in [-0.39, 0.29) is 0 Å². The Hall–Kier alpha value is -2.73. The van der Waals surface area contributed by atoms with Crippen LogP contribution in [-0.4, -0.2) is 54.5 Å². The summed E-state index contributed by atoms with van der Waals surface area (Å²) in [5.41, 5.74) is 10.2. The van der Waals surface area contributed by atoms with Crippen LogP contribution < -0.4 is 10.6 Å². The number of nitrogens with zero attached hydrogens (tertiary/aromatic N) is 4. The third-order valence-corrected chi connectivity index (χ3v) is 5.33. The first-order chi connectivity index (χ1) is 13.6. The summed E-state index contributed by atoms with van der Waals surface area (Å²) in [7, 11) is 2.20. The number of nitrogens with one attached hydrogen (secondary N) is 1. The molecule has 6 heteroatoms. The summed E-state index contributed by atoms with van der Waals surface area (Å²) in [6.07, 6.45) is 6.27. The van der Waals surface area contributed by atoms with E-state index in [1.54, 1.807) is 0 Å². The molecular weight excluding hydrogens is 348 g/mol.